The molecule has 0 bridgehead atoms. The Balaban J connectivity index is 1.35. The van der Waals surface area contributed by atoms with Gasteiger partial charge in [0.1, 0.15) is 11.3 Å². The van der Waals surface area contributed by atoms with Crippen LogP contribution in [0.15, 0.2) is 58.2 Å². The second kappa shape index (κ2) is 10.5. The zero-order valence-corrected chi connectivity index (χ0v) is 18.9. The molecule has 2 amide bonds. The van der Waals surface area contributed by atoms with Crippen LogP contribution in [0.4, 0.5) is 0 Å². The van der Waals surface area contributed by atoms with Gasteiger partial charge in [-0.05, 0) is 37.5 Å². The van der Waals surface area contributed by atoms with E-state index in [4.69, 9.17) is 9.15 Å². The molecule has 1 aromatic heterocycles. The van der Waals surface area contributed by atoms with Crippen LogP contribution in [-0.4, -0.2) is 47.1 Å². The summed E-state index contributed by atoms with van der Waals surface area (Å²) < 4.78 is 11.5. The van der Waals surface area contributed by atoms with Gasteiger partial charge in [0.2, 0.25) is 5.91 Å². The van der Waals surface area contributed by atoms with Gasteiger partial charge in [-0.2, -0.15) is 0 Å². The van der Waals surface area contributed by atoms with E-state index < -0.39 is 0 Å². The van der Waals surface area contributed by atoms with Crippen molar-refractivity contribution in [2.75, 3.05) is 25.4 Å². The molecule has 1 aliphatic heterocycles. The lowest BCUT2D eigenvalue weighted by atomic mass is 10.0. The van der Waals surface area contributed by atoms with Gasteiger partial charge in [-0.25, -0.2) is 4.98 Å². The third-order valence-corrected chi connectivity index (χ3v) is 6.28. The van der Waals surface area contributed by atoms with Crippen LogP contribution in [0, 0.1) is 0 Å². The van der Waals surface area contributed by atoms with Crippen molar-refractivity contribution in [2.45, 2.75) is 37.5 Å². The average molecular weight is 454 g/mol. The molecule has 1 unspecified atom stereocenters. The van der Waals surface area contributed by atoms with E-state index in [1.165, 1.54) is 11.8 Å². The summed E-state index contributed by atoms with van der Waals surface area (Å²) in [4.78, 5) is 31.2. The normalized spacial score (nSPS) is 14.5. The van der Waals surface area contributed by atoms with Crippen LogP contribution in [0.2, 0.25) is 0 Å². The van der Waals surface area contributed by atoms with Crippen molar-refractivity contribution in [1.82, 2.24) is 15.2 Å². The number of nitrogens with zero attached hydrogens (tertiary/aromatic N) is 2. The average Bonchev–Trinajstić information content (AvgIpc) is 3.50. The number of carbonyl (C=O) groups excluding carboxylic acids is 2. The SMILES string of the molecule is CCC(NC(=O)CSc1nc2ccccc2o1)c1ccccc1OCC(=O)N1CCCC1. The first-order valence-corrected chi connectivity index (χ1v) is 11.9. The highest BCUT2D eigenvalue weighted by atomic mass is 32.2. The molecule has 4 rings (SSSR count). The van der Waals surface area contributed by atoms with Crippen molar-refractivity contribution >= 4 is 34.7 Å². The number of para-hydroxylation sites is 3. The van der Waals surface area contributed by atoms with Crippen LogP contribution < -0.4 is 10.1 Å². The first-order chi connectivity index (χ1) is 15.6. The van der Waals surface area contributed by atoms with Crippen molar-refractivity contribution in [3.63, 3.8) is 0 Å². The zero-order valence-electron chi connectivity index (χ0n) is 18.1. The topological polar surface area (TPSA) is 84.7 Å². The molecule has 0 spiro atoms. The van der Waals surface area contributed by atoms with E-state index in [1.807, 2.05) is 60.4 Å². The van der Waals surface area contributed by atoms with Gasteiger partial charge in [0.25, 0.3) is 11.1 Å². The molecule has 0 aliphatic carbocycles. The number of carbonyl (C=O) groups is 2. The van der Waals surface area contributed by atoms with E-state index in [1.54, 1.807) is 0 Å². The predicted molar refractivity (Wildman–Crippen MR) is 124 cm³/mol. The third kappa shape index (κ3) is 5.43. The second-order valence-electron chi connectivity index (χ2n) is 7.68. The number of likely N-dealkylation sites (tertiary alicyclic amines) is 1. The number of oxazole rings is 1. The molecule has 8 heteroatoms. The Hall–Kier alpha value is -3.00. The number of nitrogens with one attached hydrogen (secondary N) is 1. The molecule has 1 N–H and O–H groups in total. The molecule has 1 atom stereocenters. The Kier molecular flexibility index (Phi) is 7.32. The number of rotatable bonds is 9. The summed E-state index contributed by atoms with van der Waals surface area (Å²) in [6, 6.07) is 14.8. The Bertz CT molecular complexity index is 1040. The zero-order chi connectivity index (χ0) is 22.3. The number of aromatic nitrogens is 1. The van der Waals surface area contributed by atoms with Crippen molar-refractivity contribution in [3.05, 3.63) is 54.1 Å². The summed E-state index contributed by atoms with van der Waals surface area (Å²) in [5.41, 5.74) is 2.34. The smallest absolute Gasteiger partial charge is 0.260 e. The number of amides is 2. The second-order valence-corrected chi connectivity index (χ2v) is 8.61. The maximum atomic E-state index is 12.6. The molecule has 1 saturated heterocycles. The highest BCUT2D eigenvalue weighted by Crippen LogP contribution is 2.28. The number of ether oxygens (including phenoxy) is 1. The fourth-order valence-electron chi connectivity index (χ4n) is 3.77. The van der Waals surface area contributed by atoms with Crippen LogP contribution in [0.3, 0.4) is 0 Å². The Morgan fingerprint density at radius 1 is 1.16 bits per heavy atom. The van der Waals surface area contributed by atoms with Crippen LogP contribution in [0.5, 0.6) is 5.75 Å². The lowest BCUT2D eigenvalue weighted by Gasteiger charge is -2.21. The van der Waals surface area contributed by atoms with Crippen molar-refractivity contribution in [1.29, 1.82) is 0 Å². The van der Waals surface area contributed by atoms with E-state index in [0.29, 0.717) is 23.0 Å². The minimum Gasteiger partial charge on any atom is -0.483 e. The van der Waals surface area contributed by atoms with Gasteiger partial charge in [-0.15, -0.1) is 0 Å². The molecule has 1 aliphatic rings. The molecule has 168 valence electrons. The molecule has 0 saturated carbocycles. The summed E-state index contributed by atoms with van der Waals surface area (Å²) in [6.07, 6.45) is 2.79. The summed E-state index contributed by atoms with van der Waals surface area (Å²) in [7, 11) is 0. The van der Waals surface area contributed by atoms with E-state index in [2.05, 4.69) is 10.3 Å². The maximum absolute atomic E-state index is 12.6. The fourth-order valence-corrected chi connectivity index (χ4v) is 4.42. The van der Waals surface area contributed by atoms with Crippen LogP contribution in [-0.2, 0) is 9.59 Å². The van der Waals surface area contributed by atoms with Crippen LogP contribution >= 0.6 is 11.8 Å². The molecule has 32 heavy (non-hydrogen) atoms. The van der Waals surface area contributed by atoms with Gasteiger partial charge >= 0.3 is 0 Å². The maximum Gasteiger partial charge on any atom is 0.260 e. The number of thioether (sulfide) groups is 1. The minimum absolute atomic E-state index is 0.00382. The standard InChI is InChI=1S/C24H27N3O4S/c1-2-18(25-22(28)16-32-24-26-19-10-4-6-12-21(19)31-24)17-9-3-5-11-20(17)30-15-23(29)27-13-7-8-14-27/h3-6,9-12,18H,2,7-8,13-16H2,1H3,(H,25,28). The van der Waals surface area contributed by atoms with E-state index in [-0.39, 0.29) is 30.2 Å². The van der Waals surface area contributed by atoms with Crippen LogP contribution in [0.25, 0.3) is 11.1 Å². The van der Waals surface area contributed by atoms with Crippen molar-refractivity contribution < 1.29 is 18.7 Å². The number of hydrogen-bond acceptors (Lipinski definition) is 6. The van der Waals surface area contributed by atoms with E-state index >= 15 is 0 Å². The monoisotopic (exact) mass is 453 g/mol. The van der Waals surface area contributed by atoms with Gasteiger partial charge in [-0.3, -0.25) is 9.59 Å². The van der Waals surface area contributed by atoms with Gasteiger partial charge in [0.15, 0.2) is 12.2 Å². The molecular formula is C24H27N3O4S. The van der Waals surface area contributed by atoms with Gasteiger partial charge < -0.3 is 19.4 Å². The molecule has 7 nitrogen and oxygen atoms in total. The van der Waals surface area contributed by atoms with E-state index in [0.717, 1.165) is 37.0 Å². The molecular weight excluding hydrogens is 426 g/mol. The highest BCUT2D eigenvalue weighted by Gasteiger charge is 2.21. The Morgan fingerprint density at radius 3 is 2.69 bits per heavy atom. The lowest BCUT2D eigenvalue weighted by molar-refractivity contribution is -0.132. The highest BCUT2D eigenvalue weighted by molar-refractivity contribution is 7.99. The van der Waals surface area contributed by atoms with Crippen molar-refractivity contribution in [2.24, 2.45) is 0 Å². The van der Waals surface area contributed by atoms with Gasteiger partial charge in [0, 0.05) is 18.7 Å². The Morgan fingerprint density at radius 2 is 1.91 bits per heavy atom. The van der Waals surface area contributed by atoms with Crippen LogP contribution in [0.1, 0.15) is 37.8 Å². The molecule has 1 fully saturated rings. The lowest BCUT2D eigenvalue weighted by Crippen LogP contribution is -2.33. The molecule has 2 heterocycles. The summed E-state index contributed by atoms with van der Waals surface area (Å²) in [6.45, 7) is 3.62. The van der Waals surface area contributed by atoms with E-state index in [9.17, 15) is 9.59 Å². The fraction of sp³-hybridized carbons (Fsp3) is 0.375. The van der Waals surface area contributed by atoms with Gasteiger partial charge in [-0.1, -0.05) is 49.0 Å². The third-order valence-electron chi connectivity index (χ3n) is 5.45. The number of hydrogen-bond donors (Lipinski definition) is 1. The van der Waals surface area contributed by atoms with Crippen molar-refractivity contribution in [3.8, 4) is 5.75 Å². The largest absolute Gasteiger partial charge is 0.483 e. The molecule has 2 aromatic carbocycles. The summed E-state index contributed by atoms with van der Waals surface area (Å²) >= 11 is 1.26. The predicted octanol–water partition coefficient (Wildman–Crippen LogP) is 4.19. The first-order valence-electron chi connectivity index (χ1n) is 10.9. The van der Waals surface area contributed by atoms with Gasteiger partial charge in [0.05, 0.1) is 11.8 Å². The minimum atomic E-state index is -0.218. The first kappa shape index (κ1) is 22.2. The molecule has 0 radical (unpaired) electrons. The number of fused-ring (bicyclic) bond motifs is 1. The number of benzene rings is 2. The quantitative estimate of drug-likeness (QED) is 0.489. The Labute approximate surface area is 191 Å². The molecule has 3 aromatic rings. The summed E-state index contributed by atoms with van der Waals surface area (Å²) in [5.74, 6) is 0.703. The summed E-state index contributed by atoms with van der Waals surface area (Å²) in [5, 5.41) is 3.54.